The van der Waals surface area contributed by atoms with Gasteiger partial charge in [0.05, 0.1) is 19.1 Å². The van der Waals surface area contributed by atoms with Gasteiger partial charge < -0.3 is 15.4 Å². The Kier molecular flexibility index (Phi) is 6.26. The lowest BCUT2D eigenvalue weighted by molar-refractivity contribution is -0.125. The van der Waals surface area contributed by atoms with Crippen molar-refractivity contribution in [1.82, 2.24) is 15.5 Å². The van der Waals surface area contributed by atoms with E-state index in [2.05, 4.69) is 29.4 Å². The Morgan fingerprint density at radius 3 is 2.75 bits per heavy atom. The fourth-order valence-corrected chi connectivity index (χ4v) is 3.14. The van der Waals surface area contributed by atoms with Gasteiger partial charge in [-0.2, -0.15) is 0 Å². The number of carbonyl (C=O) groups is 1. The molecule has 0 aromatic carbocycles. The molecule has 0 saturated carbocycles. The number of likely N-dealkylation sites (tertiary alicyclic amines) is 1. The molecule has 2 aliphatic rings. The van der Waals surface area contributed by atoms with Crippen LogP contribution in [0.5, 0.6) is 0 Å². The van der Waals surface area contributed by atoms with Crippen molar-refractivity contribution < 1.29 is 9.53 Å². The normalized spacial score (nSPS) is 29.3. The van der Waals surface area contributed by atoms with Crippen molar-refractivity contribution in [3.63, 3.8) is 0 Å². The van der Waals surface area contributed by atoms with Crippen LogP contribution in [-0.4, -0.2) is 62.3 Å². The van der Waals surface area contributed by atoms with Gasteiger partial charge in [0.25, 0.3) is 0 Å². The van der Waals surface area contributed by atoms with Crippen LogP contribution < -0.4 is 10.6 Å². The number of likely N-dealkylation sites (N-methyl/N-ethyl adjacent to an activating group) is 1. The van der Waals surface area contributed by atoms with Crippen molar-refractivity contribution in [1.29, 1.82) is 0 Å². The van der Waals surface area contributed by atoms with Crippen molar-refractivity contribution in [3.8, 4) is 0 Å². The molecule has 5 nitrogen and oxygen atoms in total. The van der Waals surface area contributed by atoms with Crippen LogP contribution in [0.25, 0.3) is 0 Å². The third-order valence-electron chi connectivity index (χ3n) is 4.47. The maximum atomic E-state index is 12.3. The first kappa shape index (κ1) is 15.7. The fraction of sp³-hybridized carbons (Fsp3) is 0.933. The highest BCUT2D eigenvalue weighted by Crippen LogP contribution is 2.15. The molecule has 0 bridgehead atoms. The summed E-state index contributed by atoms with van der Waals surface area (Å²) in [5, 5.41) is 6.44. The van der Waals surface area contributed by atoms with Gasteiger partial charge in [0, 0.05) is 18.6 Å². The lowest BCUT2D eigenvalue weighted by Crippen LogP contribution is -2.48. The zero-order valence-corrected chi connectivity index (χ0v) is 12.9. The van der Waals surface area contributed by atoms with Crippen LogP contribution in [0.4, 0.5) is 0 Å². The molecule has 2 saturated heterocycles. The molecule has 5 heteroatoms. The molecular weight excluding hydrogens is 254 g/mol. The van der Waals surface area contributed by atoms with Gasteiger partial charge in [-0.1, -0.05) is 13.3 Å². The first-order valence-electron chi connectivity index (χ1n) is 8.05. The summed E-state index contributed by atoms with van der Waals surface area (Å²) in [6.45, 7) is 9.42. The average Bonchev–Trinajstić information content (AvgIpc) is 2.94. The SMILES string of the molecule is CCNC1COCC1C(=O)NCC(C)N1CCCCC1. The van der Waals surface area contributed by atoms with E-state index in [0.29, 0.717) is 19.3 Å². The molecule has 0 radical (unpaired) electrons. The molecule has 0 aromatic heterocycles. The lowest BCUT2D eigenvalue weighted by Gasteiger charge is -2.32. The Hall–Kier alpha value is -0.650. The minimum absolute atomic E-state index is 0.0384. The number of hydrogen-bond acceptors (Lipinski definition) is 4. The first-order valence-corrected chi connectivity index (χ1v) is 8.05. The van der Waals surface area contributed by atoms with Crippen LogP contribution in [0.1, 0.15) is 33.1 Å². The van der Waals surface area contributed by atoms with Crippen LogP contribution in [0.15, 0.2) is 0 Å². The zero-order chi connectivity index (χ0) is 14.4. The molecule has 0 spiro atoms. The Bertz CT molecular complexity index is 305. The highest BCUT2D eigenvalue weighted by atomic mass is 16.5. The molecule has 3 atom stereocenters. The van der Waals surface area contributed by atoms with Gasteiger partial charge in [-0.15, -0.1) is 0 Å². The van der Waals surface area contributed by atoms with Crippen LogP contribution in [-0.2, 0) is 9.53 Å². The van der Waals surface area contributed by atoms with E-state index in [0.717, 1.165) is 13.1 Å². The van der Waals surface area contributed by atoms with Gasteiger partial charge in [-0.25, -0.2) is 0 Å². The summed E-state index contributed by atoms with van der Waals surface area (Å²) in [7, 11) is 0. The summed E-state index contributed by atoms with van der Waals surface area (Å²) in [6, 6.07) is 0.601. The number of piperidine rings is 1. The summed E-state index contributed by atoms with van der Waals surface area (Å²) in [5.41, 5.74) is 0. The largest absolute Gasteiger partial charge is 0.379 e. The number of ether oxygens (including phenoxy) is 1. The summed E-state index contributed by atoms with van der Waals surface area (Å²) in [4.78, 5) is 14.8. The number of hydrogen-bond donors (Lipinski definition) is 2. The second-order valence-electron chi connectivity index (χ2n) is 6.00. The average molecular weight is 283 g/mol. The fourth-order valence-electron chi connectivity index (χ4n) is 3.14. The zero-order valence-electron chi connectivity index (χ0n) is 12.9. The van der Waals surface area contributed by atoms with E-state index in [4.69, 9.17) is 4.74 Å². The van der Waals surface area contributed by atoms with Gasteiger partial charge in [0.15, 0.2) is 0 Å². The maximum Gasteiger partial charge on any atom is 0.227 e. The van der Waals surface area contributed by atoms with E-state index < -0.39 is 0 Å². The maximum absolute atomic E-state index is 12.3. The van der Waals surface area contributed by atoms with Gasteiger partial charge in [0.2, 0.25) is 5.91 Å². The van der Waals surface area contributed by atoms with Crippen LogP contribution in [0.3, 0.4) is 0 Å². The van der Waals surface area contributed by atoms with Crippen molar-refractivity contribution in [2.75, 3.05) is 39.4 Å². The van der Waals surface area contributed by atoms with E-state index >= 15 is 0 Å². The molecular formula is C15H29N3O2. The summed E-state index contributed by atoms with van der Waals surface area (Å²) in [5.74, 6) is 0.0980. The van der Waals surface area contributed by atoms with Crippen molar-refractivity contribution in [2.45, 2.75) is 45.2 Å². The van der Waals surface area contributed by atoms with E-state index in [1.165, 1.54) is 32.4 Å². The number of nitrogens with zero attached hydrogens (tertiary/aromatic N) is 1. The molecule has 3 unspecified atom stereocenters. The van der Waals surface area contributed by atoms with Crippen LogP contribution >= 0.6 is 0 Å². The minimum atomic E-state index is -0.0384. The molecule has 116 valence electrons. The quantitative estimate of drug-likeness (QED) is 0.749. The molecule has 20 heavy (non-hydrogen) atoms. The van der Waals surface area contributed by atoms with Gasteiger partial charge in [-0.05, 0) is 39.4 Å². The minimum Gasteiger partial charge on any atom is -0.379 e. The predicted octanol–water partition coefficient (Wildman–Crippen LogP) is 0.602. The molecule has 2 rings (SSSR count). The number of amides is 1. The third-order valence-corrected chi connectivity index (χ3v) is 4.47. The monoisotopic (exact) mass is 283 g/mol. The number of rotatable bonds is 6. The van der Waals surface area contributed by atoms with Crippen LogP contribution in [0.2, 0.25) is 0 Å². The molecule has 0 aliphatic carbocycles. The highest BCUT2D eigenvalue weighted by Gasteiger charge is 2.33. The molecule has 0 aromatic rings. The Morgan fingerprint density at radius 1 is 1.30 bits per heavy atom. The standard InChI is InChI=1S/C15H29N3O2/c1-3-16-14-11-20-10-13(14)15(19)17-9-12(2)18-7-5-4-6-8-18/h12-14,16H,3-11H2,1-2H3,(H,17,19). The van der Waals surface area contributed by atoms with E-state index in [9.17, 15) is 4.79 Å². The molecule has 2 fully saturated rings. The Balaban J connectivity index is 1.73. The van der Waals surface area contributed by atoms with Crippen molar-refractivity contribution in [3.05, 3.63) is 0 Å². The molecule has 2 heterocycles. The molecule has 2 N–H and O–H groups in total. The summed E-state index contributed by atoms with van der Waals surface area (Å²) < 4.78 is 5.43. The van der Waals surface area contributed by atoms with Gasteiger partial charge in [0.1, 0.15) is 0 Å². The molecule has 1 amide bonds. The Morgan fingerprint density at radius 2 is 2.05 bits per heavy atom. The van der Waals surface area contributed by atoms with E-state index in [1.807, 2.05) is 0 Å². The van der Waals surface area contributed by atoms with E-state index in [1.54, 1.807) is 0 Å². The second-order valence-corrected chi connectivity index (χ2v) is 6.00. The summed E-state index contributed by atoms with van der Waals surface area (Å²) in [6.07, 6.45) is 3.92. The number of carbonyl (C=O) groups excluding carboxylic acids is 1. The summed E-state index contributed by atoms with van der Waals surface area (Å²) >= 11 is 0. The topological polar surface area (TPSA) is 53.6 Å². The Labute approximate surface area is 122 Å². The van der Waals surface area contributed by atoms with Crippen molar-refractivity contribution in [2.24, 2.45) is 5.92 Å². The first-order chi connectivity index (χ1) is 9.72. The molecule has 2 aliphatic heterocycles. The van der Waals surface area contributed by atoms with Gasteiger partial charge in [-0.3, -0.25) is 9.69 Å². The van der Waals surface area contributed by atoms with E-state index in [-0.39, 0.29) is 17.9 Å². The van der Waals surface area contributed by atoms with Crippen LogP contribution in [0, 0.1) is 5.92 Å². The van der Waals surface area contributed by atoms with Crippen molar-refractivity contribution >= 4 is 5.91 Å². The second kappa shape index (κ2) is 7.96. The lowest BCUT2D eigenvalue weighted by atomic mass is 10.0. The predicted molar refractivity (Wildman–Crippen MR) is 79.7 cm³/mol. The van der Waals surface area contributed by atoms with Gasteiger partial charge >= 0.3 is 0 Å². The number of nitrogens with one attached hydrogen (secondary N) is 2. The third kappa shape index (κ3) is 4.17. The smallest absolute Gasteiger partial charge is 0.227 e. The highest BCUT2D eigenvalue weighted by molar-refractivity contribution is 5.79.